The summed E-state index contributed by atoms with van der Waals surface area (Å²) in [6.45, 7) is -0.408. The Hall–Kier alpha value is -1.63. The highest BCUT2D eigenvalue weighted by Gasteiger charge is 2.19. The lowest BCUT2D eigenvalue weighted by atomic mass is 10.2. The van der Waals surface area contributed by atoms with Gasteiger partial charge in [-0.1, -0.05) is 29.8 Å². The molecular weight excluding hydrogens is 305 g/mol. The minimum Gasteiger partial charge on any atom is -0.392 e. The Morgan fingerprint density at radius 1 is 1.20 bits per heavy atom. The largest absolute Gasteiger partial charge is 0.392 e. The second-order valence-electron chi connectivity index (χ2n) is 4.00. The highest BCUT2D eigenvalue weighted by molar-refractivity contribution is 7.92. The normalized spacial score (nSPS) is 11.3. The summed E-state index contributed by atoms with van der Waals surface area (Å²) in [6.07, 6.45) is 0. The lowest BCUT2D eigenvalue weighted by molar-refractivity contribution is 0.278. The smallest absolute Gasteiger partial charge is 0.262 e. The standard InChI is InChI=1S/C13H11ClFNO3S/c14-11-7-10(15)5-6-12(11)16-20(18,19)13-4-2-1-3-9(13)8-17/h1-7,16-17H,8H2. The number of benzene rings is 2. The molecule has 0 amide bonds. The maximum atomic E-state index is 12.9. The molecule has 0 aliphatic carbocycles. The second-order valence-corrected chi connectivity index (χ2v) is 6.05. The fraction of sp³-hybridized carbons (Fsp3) is 0.0769. The maximum Gasteiger partial charge on any atom is 0.262 e. The first kappa shape index (κ1) is 14.8. The molecule has 20 heavy (non-hydrogen) atoms. The number of aliphatic hydroxyl groups excluding tert-OH is 1. The van der Waals surface area contributed by atoms with E-state index in [1.807, 2.05) is 0 Å². The minimum absolute atomic E-state index is 0.0462. The Morgan fingerprint density at radius 3 is 2.55 bits per heavy atom. The summed E-state index contributed by atoms with van der Waals surface area (Å²) < 4.78 is 39.7. The molecule has 2 aromatic carbocycles. The molecule has 0 saturated heterocycles. The molecule has 0 aliphatic rings. The van der Waals surface area contributed by atoms with Gasteiger partial charge in [-0.3, -0.25) is 4.72 Å². The number of hydrogen-bond donors (Lipinski definition) is 2. The third kappa shape index (κ3) is 3.09. The van der Waals surface area contributed by atoms with Crippen LogP contribution in [0.2, 0.25) is 5.02 Å². The van der Waals surface area contributed by atoms with Crippen LogP contribution in [0.25, 0.3) is 0 Å². The molecule has 0 atom stereocenters. The molecule has 0 fully saturated rings. The summed E-state index contributed by atoms with van der Waals surface area (Å²) in [5.74, 6) is -0.561. The third-order valence-corrected chi connectivity index (χ3v) is 4.39. The predicted molar refractivity (Wildman–Crippen MR) is 74.6 cm³/mol. The Kier molecular flexibility index (Phi) is 4.27. The molecule has 0 spiro atoms. The van der Waals surface area contributed by atoms with Crippen LogP contribution in [0.1, 0.15) is 5.56 Å². The van der Waals surface area contributed by atoms with Crippen molar-refractivity contribution in [2.24, 2.45) is 0 Å². The summed E-state index contributed by atoms with van der Waals surface area (Å²) in [5.41, 5.74) is 0.332. The van der Waals surface area contributed by atoms with Gasteiger partial charge in [-0.15, -0.1) is 0 Å². The lowest BCUT2D eigenvalue weighted by Crippen LogP contribution is -2.15. The van der Waals surface area contributed by atoms with E-state index in [0.29, 0.717) is 0 Å². The van der Waals surface area contributed by atoms with E-state index in [1.54, 1.807) is 12.1 Å². The molecule has 4 nitrogen and oxygen atoms in total. The van der Waals surface area contributed by atoms with Gasteiger partial charge in [0.05, 0.1) is 22.2 Å². The number of rotatable bonds is 4. The van der Waals surface area contributed by atoms with E-state index in [0.717, 1.165) is 12.1 Å². The van der Waals surface area contributed by atoms with Crippen LogP contribution >= 0.6 is 11.6 Å². The van der Waals surface area contributed by atoms with Gasteiger partial charge >= 0.3 is 0 Å². The summed E-state index contributed by atoms with van der Waals surface area (Å²) in [5, 5.41) is 9.12. The second kappa shape index (κ2) is 5.78. The zero-order chi connectivity index (χ0) is 14.8. The topological polar surface area (TPSA) is 66.4 Å². The molecule has 2 N–H and O–H groups in total. The third-order valence-electron chi connectivity index (χ3n) is 2.61. The van der Waals surface area contributed by atoms with Crippen LogP contribution in [0.15, 0.2) is 47.4 Å². The zero-order valence-electron chi connectivity index (χ0n) is 10.2. The van der Waals surface area contributed by atoms with Crippen LogP contribution in [-0.2, 0) is 16.6 Å². The van der Waals surface area contributed by atoms with Crippen molar-refractivity contribution in [2.75, 3.05) is 4.72 Å². The minimum atomic E-state index is -3.91. The van der Waals surface area contributed by atoms with Crippen LogP contribution < -0.4 is 4.72 Å². The van der Waals surface area contributed by atoms with Crippen LogP contribution in [0.4, 0.5) is 10.1 Å². The number of hydrogen-bond acceptors (Lipinski definition) is 3. The van der Waals surface area contributed by atoms with Gasteiger partial charge in [0, 0.05) is 0 Å². The van der Waals surface area contributed by atoms with E-state index >= 15 is 0 Å². The van der Waals surface area contributed by atoms with Gasteiger partial charge in [0.1, 0.15) is 5.82 Å². The number of aliphatic hydroxyl groups is 1. The lowest BCUT2D eigenvalue weighted by Gasteiger charge is -2.12. The molecule has 0 heterocycles. The first-order chi connectivity index (χ1) is 9.44. The van der Waals surface area contributed by atoms with Crippen LogP contribution in [0, 0.1) is 5.82 Å². The van der Waals surface area contributed by atoms with E-state index in [-0.39, 0.29) is 21.2 Å². The van der Waals surface area contributed by atoms with Gasteiger partial charge in [-0.2, -0.15) is 0 Å². The van der Waals surface area contributed by atoms with Crippen molar-refractivity contribution in [3.63, 3.8) is 0 Å². The fourth-order valence-electron chi connectivity index (χ4n) is 1.67. The Balaban J connectivity index is 2.41. The SMILES string of the molecule is O=S(=O)(Nc1ccc(F)cc1Cl)c1ccccc1CO. The number of halogens is 2. The van der Waals surface area contributed by atoms with Crippen molar-refractivity contribution >= 4 is 27.3 Å². The fourth-order valence-corrected chi connectivity index (χ4v) is 3.25. The molecule has 0 aliphatic heterocycles. The monoisotopic (exact) mass is 315 g/mol. The molecule has 7 heteroatoms. The quantitative estimate of drug-likeness (QED) is 0.911. The van der Waals surface area contributed by atoms with E-state index in [2.05, 4.69) is 4.72 Å². The molecule has 2 aromatic rings. The highest BCUT2D eigenvalue weighted by Crippen LogP contribution is 2.26. The molecule has 0 unspecified atom stereocenters. The number of anilines is 1. The van der Waals surface area contributed by atoms with Gasteiger partial charge in [0.15, 0.2) is 0 Å². The first-order valence-electron chi connectivity index (χ1n) is 5.60. The Bertz CT molecular complexity index is 734. The van der Waals surface area contributed by atoms with E-state index in [9.17, 15) is 17.9 Å². The number of sulfonamides is 1. The van der Waals surface area contributed by atoms with Crippen molar-refractivity contribution in [2.45, 2.75) is 11.5 Å². The van der Waals surface area contributed by atoms with Gasteiger partial charge < -0.3 is 5.11 Å². The van der Waals surface area contributed by atoms with E-state index < -0.39 is 22.4 Å². The zero-order valence-corrected chi connectivity index (χ0v) is 11.7. The van der Waals surface area contributed by atoms with Crippen LogP contribution in [0.5, 0.6) is 0 Å². The van der Waals surface area contributed by atoms with Crippen molar-refractivity contribution in [3.05, 3.63) is 58.9 Å². The van der Waals surface area contributed by atoms with Gasteiger partial charge in [0.2, 0.25) is 0 Å². The Labute approximate surface area is 120 Å². The molecule has 0 radical (unpaired) electrons. The molecule has 0 bridgehead atoms. The summed E-state index contributed by atoms with van der Waals surface area (Å²) in [4.78, 5) is -0.0529. The summed E-state index contributed by atoms with van der Waals surface area (Å²) in [7, 11) is -3.91. The average molecular weight is 316 g/mol. The summed E-state index contributed by atoms with van der Waals surface area (Å²) >= 11 is 5.78. The first-order valence-corrected chi connectivity index (χ1v) is 7.47. The van der Waals surface area contributed by atoms with Crippen molar-refractivity contribution in [1.29, 1.82) is 0 Å². The van der Waals surface area contributed by atoms with Gasteiger partial charge in [-0.05, 0) is 29.8 Å². The van der Waals surface area contributed by atoms with Gasteiger partial charge in [-0.25, -0.2) is 12.8 Å². The molecule has 106 valence electrons. The van der Waals surface area contributed by atoms with Crippen LogP contribution in [0.3, 0.4) is 0 Å². The van der Waals surface area contributed by atoms with Crippen molar-refractivity contribution in [1.82, 2.24) is 0 Å². The summed E-state index contributed by atoms with van der Waals surface area (Å²) in [6, 6.07) is 9.37. The Morgan fingerprint density at radius 2 is 1.90 bits per heavy atom. The molecular formula is C13H11ClFNO3S. The molecule has 2 rings (SSSR count). The van der Waals surface area contributed by atoms with Crippen molar-refractivity contribution in [3.8, 4) is 0 Å². The molecule has 0 aromatic heterocycles. The predicted octanol–water partition coefficient (Wildman–Crippen LogP) is 2.77. The van der Waals surface area contributed by atoms with E-state index in [1.165, 1.54) is 18.2 Å². The maximum absolute atomic E-state index is 12.9. The number of nitrogens with one attached hydrogen (secondary N) is 1. The van der Waals surface area contributed by atoms with Gasteiger partial charge in [0.25, 0.3) is 10.0 Å². The van der Waals surface area contributed by atoms with Crippen molar-refractivity contribution < 1.29 is 17.9 Å². The highest BCUT2D eigenvalue weighted by atomic mass is 35.5. The van der Waals surface area contributed by atoms with E-state index in [4.69, 9.17) is 11.6 Å². The van der Waals surface area contributed by atoms with Crippen LogP contribution in [-0.4, -0.2) is 13.5 Å². The average Bonchev–Trinajstić information content (AvgIpc) is 2.42. The molecule has 0 saturated carbocycles.